The zero-order chi connectivity index (χ0) is 19.2. The molecule has 1 N–H and O–H groups in total. The van der Waals surface area contributed by atoms with E-state index in [1.807, 2.05) is 12.1 Å². The average molecular weight is 423 g/mol. The lowest BCUT2D eigenvalue weighted by molar-refractivity contribution is 0.102. The molecule has 2 aromatic rings. The molecule has 2 aromatic carbocycles. The van der Waals surface area contributed by atoms with E-state index in [2.05, 4.69) is 12.2 Å². The van der Waals surface area contributed by atoms with E-state index in [1.165, 1.54) is 0 Å². The average Bonchev–Trinajstić information content (AvgIpc) is 3.23. The molecule has 1 unspecified atom stereocenters. The van der Waals surface area contributed by atoms with Gasteiger partial charge in [0.15, 0.2) is 0 Å². The number of nitrogens with zero attached hydrogens (tertiary/aromatic N) is 1. The van der Waals surface area contributed by atoms with E-state index >= 15 is 0 Å². The van der Waals surface area contributed by atoms with Crippen LogP contribution in [-0.4, -0.2) is 22.8 Å². The molecule has 1 heterocycles. The third-order valence-electron chi connectivity index (χ3n) is 5.26. The first kappa shape index (κ1) is 18.9. The largest absolute Gasteiger partial charge is 0.593 e. The molecular weight excluding hydrogens is 403 g/mol. The Bertz CT molecular complexity index is 902. The van der Waals surface area contributed by atoms with Gasteiger partial charge in [-0.15, -0.1) is 0 Å². The van der Waals surface area contributed by atoms with Gasteiger partial charge in [-0.1, -0.05) is 30.1 Å². The van der Waals surface area contributed by atoms with Crippen LogP contribution in [0.5, 0.6) is 0 Å². The van der Waals surface area contributed by atoms with Gasteiger partial charge in [-0.05, 0) is 60.2 Å². The fraction of sp³-hybridized carbons (Fsp3) is 0.350. The predicted octanol–water partition coefficient (Wildman–Crippen LogP) is 5.17. The molecule has 1 amide bonds. The Morgan fingerprint density at radius 3 is 2.67 bits per heavy atom. The van der Waals surface area contributed by atoms with Crippen molar-refractivity contribution in [1.29, 1.82) is 0 Å². The Balaban J connectivity index is 1.59. The van der Waals surface area contributed by atoms with Gasteiger partial charge in [0.25, 0.3) is 5.91 Å². The van der Waals surface area contributed by atoms with Crippen LogP contribution in [0.2, 0.25) is 10.0 Å². The van der Waals surface area contributed by atoms with Crippen LogP contribution in [0.1, 0.15) is 42.1 Å². The summed E-state index contributed by atoms with van der Waals surface area (Å²) >= 11 is 11.5. The summed E-state index contributed by atoms with van der Waals surface area (Å²) in [5.41, 5.74) is 3.05. The number of nitrogens with one attached hydrogen (secondary N) is 1. The van der Waals surface area contributed by atoms with Gasteiger partial charge in [0, 0.05) is 17.1 Å². The maximum Gasteiger partial charge on any atom is 0.257 e. The second kappa shape index (κ2) is 7.21. The molecule has 1 saturated carbocycles. The summed E-state index contributed by atoms with van der Waals surface area (Å²) in [6, 6.07) is 10.9. The van der Waals surface area contributed by atoms with Crippen LogP contribution in [0.15, 0.2) is 36.4 Å². The Labute approximate surface area is 172 Å². The number of carbonyl (C=O) groups is 1. The van der Waals surface area contributed by atoms with Crippen molar-refractivity contribution in [3.63, 3.8) is 0 Å². The highest BCUT2D eigenvalue weighted by Gasteiger charge is 2.39. The molecule has 1 aliphatic heterocycles. The van der Waals surface area contributed by atoms with Crippen LogP contribution in [0.3, 0.4) is 0 Å². The Kier molecular flexibility index (Phi) is 5.06. The lowest BCUT2D eigenvalue weighted by atomic mass is 9.98. The summed E-state index contributed by atoms with van der Waals surface area (Å²) in [5, 5.41) is 3.87. The van der Waals surface area contributed by atoms with Crippen LogP contribution in [0.4, 0.5) is 11.4 Å². The second-order valence-corrected chi connectivity index (χ2v) is 9.72. The van der Waals surface area contributed by atoms with Crippen molar-refractivity contribution in [2.45, 2.75) is 31.6 Å². The van der Waals surface area contributed by atoms with Gasteiger partial charge in [-0.2, -0.15) is 4.31 Å². The lowest BCUT2D eigenvalue weighted by Gasteiger charge is -2.19. The molecule has 1 aliphatic carbocycles. The highest BCUT2D eigenvalue weighted by Crippen LogP contribution is 2.48. The van der Waals surface area contributed by atoms with Crippen molar-refractivity contribution in [2.75, 3.05) is 21.9 Å². The molecular formula is C20H20Cl2N2O2S. The number of rotatable bonds is 4. The molecule has 7 heteroatoms. The minimum atomic E-state index is -1.05. The van der Waals surface area contributed by atoms with Crippen LogP contribution >= 0.6 is 23.2 Å². The zero-order valence-electron chi connectivity index (χ0n) is 14.9. The SMILES string of the molecule is CC1(c2cc(Cl)cc(NC(=O)c3cc(N4CCC[S+]4[O-])ccc3Cl)c2)CC1. The third kappa shape index (κ3) is 3.92. The molecule has 2 fully saturated rings. The summed E-state index contributed by atoms with van der Waals surface area (Å²) < 4.78 is 13.9. The van der Waals surface area contributed by atoms with Gasteiger partial charge in [0.2, 0.25) is 0 Å². The Morgan fingerprint density at radius 1 is 1.22 bits per heavy atom. The maximum absolute atomic E-state index is 12.8. The minimum absolute atomic E-state index is 0.155. The van der Waals surface area contributed by atoms with Gasteiger partial charge >= 0.3 is 0 Å². The highest BCUT2D eigenvalue weighted by atomic mass is 35.5. The fourth-order valence-electron chi connectivity index (χ4n) is 3.32. The number of benzene rings is 2. The molecule has 1 saturated heterocycles. The molecule has 0 bridgehead atoms. The fourth-order valence-corrected chi connectivity index (χ4v) is 5.03. The predicted molar refractivity (Wildman–Crippen MR) is 112 cm³/mol. The minimum Gasteiger partial charge on any atom is -0.593 e. The molecule has 0 aromatic heterocycles. The summed E-state index contributed by atoms with van der Waals surface area (Å²) in [7, 11) is 0. The number of amides is 1. The van der Waals surface area contributed by atoms with Gasteiger partial charge in [0.1, 0.15) is 5.75 Å². The molecule has 2 aliphatic rings. The lowest BCUT2D eigenvalue weighted by Crippen LogP contribution is -2.25. The third-order valence-corrected chi connectivity index (χ3v) is 7.33. The van der Waals surface area contributed by atoms with Crippen molar-refractivity contribution in [3.8, 4) is 0 Å². The van der Waals surface area contributed by atoms with E-state index in [0.29, 0.717) is 33.6 Å². The van der Waals surface area contributed by atoms with E-state index in [4.69, 9.17) is 23.2 Å². The van der Waals surface area contributed by atoms with Gasteiger partial charge in [-0.3, -0.25) is 4.79 Å². The molecule has 0 spiro atoms. The number of hydrogen-bond donors (Lipinski definition) is 1. The van der Waals surface area contributed by atoms with Gasteiger partial charge in [-0.25, -0.2) is 0 Å². The van der Waals surface area contributed by atoms with E-state index in [1.54, 1.807) is 28.6 Å². The first-order chi connectivity index (χ1) is 12.9. The summed E-state index contributed by atoms with van der Waals surface area (Å²) in [6.45, 7) is 2.91. The molecule has 1 atom stereocenters. The summed E-state index contributed by atoms with van der Waals surface area (Å²) in [4.78, 5) is 12.8. The van der Waals surface area contributed by atoms with Crippen LogP contribution in [-0.2, 0) is 16.8 Å². The van der Waals surface area contributed by atoms with Crippen LogP contribution in [0, 0.1) is 0 Å². The topological polar surface area (TPSA) is 55.4 Å². The standard InChI is InChI=1S/C20H20Cl2N2O2S/c1-20(5-6-20)13-9-14(21)11-15(10-13)23-19(25)17-12-16(3-4-18(17)22)24-7-2-8-27(24)26/h3-4,9-12H,2,5-8H2,1H3,(H,23,25). The van der Waals surface area contributed by atoms with Crippen molar-refractivity contribution in [1.82, 2.24) is 0 Å². The van der Waals surface area contributed by atoms with Crippen molar-refractivity contribution >= 4 is 51.8 Å². The van der Waals surface area contributed by atoms with Crippen molar-refractivity contribution < 1.29 is 9.35 Å². The Morgan fingerprint density at radius 2 is 2.00 bits per heavy atom. The van der Waals surface area contributed by atoms with Crippen molar-refractivity contribution in [2.24, 2.45) is 0 Å². The van der Waals surface area contributed by atoms with Crippen LogP contribution < -0.4 is 9.62 Å². The second-order valence-electron chi connectivity index (χ2n) is 7.39. The summed E-state index contributed by atoms with van der Waals surface area (Å²) in [6.07, 6.45) is 3.13. The quantitative estimate of drug-likeness (QED) is 0.691. The molecule has 142 valence electrons. The summed E-state index contributed by atoms with van der Waals surface area (Å²) in [5.74, 6) is 0.342. The number of carbonyl (C=O) groups excluding carboxylic acids is 1. The van der Waals surface area contributed by atoms with Crippen molar-refractivity contribution in [3.05, 3.63) is 57.6 Å². The van der Waals surface area contributed by atoms with E-state index in [-0.39, 0.29) is 11.3 Å². The number of hydrogen-bond acceptors (Lipinski definition) is 3. The van der Waals surface area contributed by atoms with E-state index in [0.717, 1.165) is 30.5 Å². The van der Waals surface area contributed by atoms with Gasteiger partial charge < -0.3 is 9.87 Å². The molecule has 4 nitrogen and oxygen atoms in total. The maximum atomic E-state index is 12.8. The van der Waals surface area contributed by atoms with E-state index < -0.39 is 11.4 Å². The molecule has 27 heavy (non-hydrogen) atoms. The number of halogens is 2. The normalized spacial score (nSPS) is 20.6. The number of anilines is 2. The molecule has 4 rings (SSSR count). The highest BCUT2D eigenvalue weighted by molar-refractivity contribution is 7.93. The van der Waals surface area contributed by atoms with Crippen LogP contribution in [0.25, 0.3) is 0 Å². The smallest absolute Gasteiger partial charge is 0.257 e. The Hall–Kier alpha value is -1.40. The van der Waals surface area contributed by atoms with E-state index in [9.17, 15) is 9.35 Å². The first-order valence-electron chi connectivity index (χ1n) is 8.94. The monoisotopic (exact) mass is 422 g/mol. The van der Waals surface area contributed by atoms with Gasteiger partial charge in [0.05, 0.1) is 34.2 Å². The zero-order valence-corrected chi connectivity index (χ0v) is 17.3. The molecule has 0 radical (unpaired) electrons. The first-order valence-corrected chi connectivity index (χ1v) is 11.0.